The van der Waals surface area contributed by atoms with Crippen LogP contribution in [0.25, 0.3) is 21.8 Å². The Kier molecular flexibility index (Phi) is 4.23. The monoisotopic (exact) mass is 349 g/mol. The van der Waals surface area contributed by atoms with E-state index in [1.165, 1.54) is 21.8 Å². The zero-order valence-corrected chi connectivity index (χ0v) is 16.0. The highest BCUT2D eigenvalue weighted by Crippen LogP contribution is 2.36. The van der Waals surface area contributed by atoms with Gasteiger partial charge in [-0.15, -0.1) is 0 Å². The van der Waals surface area contributed by atoms with Crippen LogP contribution in [0.2, 0.25) is 0 Å². The molecular formula is C22H27N3O. The Hall–Kier alpha value is -2.33. The summed E-state index contributed by atoms with van der Waals surface area (Å²) in [6.07, 6.45) is 2.03. The first kappa shape index (κ1) is 17.1. The molecule has 0 aliphatic carbocycles. The Morgan fingerprint density at radius 3 is 2.62 bits per heavy atom. The number of carbonyl (C=O) groups excluding carboxylic acids is 1. The van der Waals surface area contributed by atoms with Crippen LogP contribution in [-0.2, 0) is 4.79 Å². The lowest BCUT2D eigenvalue weighted by molar-refractivity contribution is -0.119. The van der Waals surface area contributed by atoms with Gasteiger partial charge in [-0.1, -0.05) is 18.2 Å². The van der Waals surface area contributed by atoms with Crippen LogP contribution in [0.5, 0.6) is 0 Å². The van der Waals surface area contributed by atoms with Crippen molar-refractivity contribution in [2.45, 2.75) is 45.7 Å². The summed E-state index contributed by atoms with van der Waals surface area (Å²) < 4.78 is 2.38. The van der Waals surface area contributed by atoms with Gasteiger partial charge < -0.3 is 9.88 Å². The molecule has 1 N–H and O–H groups in total. The predicted octanol–water partition coefficient (Wildman–Crippen LogP) is 4.72. The molecule has 26 heavy (non-hydrogen) atoms. The number of para-hydroxylation sites is 1. The van der Waals surface area contributed by atoms with Crippen LogP contribution >= 0.6 is 0 Å². The van der Waals surface area contributed by atoms with Crippen molar-refractivity contribution in [2.75, 3.05) is 18.9 Å². The van der Waals surface area contributed by atoms with Crippen LogP contribution in [0.15, 0.2) is 36.4 Å². The van der Waals surface area contributed by atoms with E-state index in [-0.39, 0.29) is 11.9 Å². The number of likely N-dealkylation sites (tertiary alicyclic amines) is 1. The summed E-state index contributed by atoms with van der Waals surface area (Å²) in [5, 5.41) is 5.68. The summed E-state index contributed by atoms with van der Waals surface area (Å²) in [7, 11) is 2.03. The lowest BCUT2D eigenvalue weighted by Gasteiger charge is -2.20. The number of aryl methyl sites for hydroxylation is 1. The summed E-state index contributed by atoms with van der Waals surface area (Å²) in [5.74, 6) is 0.111. The van der Waals surface area contributed by atoms with Gasteiger partial charge >= 0.3 is 0 Å². The van der Waals surface area contributed by atoms with Crippen molar-refractivity contribution in [3.8, 4) is 0 Å². The Bertz CT molecular complexity index is 986. The minimum Gasteiger partial charge on any atom is -0.338 e. The molecule has 1 saturated heterocycles. The number of rotatable bonds is 3. The Labute approximate surface area is 154 Å². The van der Waals surface area contributed by atoms with Gasteiger partial charge in [0, 0.05) is 33.5 Å². The topological polar surface area (TPSA) is 37.3 Å². The first-order chi connectivity index (χ1) is 12.5. The molecule has 3 aromatic rings. The maximum Gasteiger partial charge on any atom is 0.241 e. The van der Waals surface area contributed by atoms with E-state index in [2.05, 4.69) is 72.0 Å². The summed E-state index contributed by atoms with van der Waals surface area (Å²) >= 11 is 0. The van der Waals surface area contributed by atoms with Crippen LogP contribution in [-0.4, -0.2) is 35.0 Å². The molecule has 1 amide bonds. The molecular weight excluding hydrogens is 322 g/mol. The van der Waals surface area contributed by atoms with Crippen LogP contribution in [0, 0.1) is 6.92 Å². The van der Waals surface area contributed by atoms with E-state index in [4.69, 9.17) is 0 Å². The number of likely N-dealkylation sites (N-methyl/N-ethyl adjacent to an activating group) is 1. The fraction of sp³-hybridized carbons (Fsp3) is 0.409. The number of nitrogens with zero attached hydrogens (tertiary/aromatic N) is 2. The molecule has 1 atom stereocenters. The van der Waals surface area contributed by atoms with E-state index in [9.17, 15) is 4.79 Å². The second kappa shape index (κ2) is 6.44. The van der Waals surface area contributed by atoms with Crippen LogP contribution in [0.1, 0.15) is 38.3 Å². The highest BCUT2D eigenvalue weighted by Gasteiger charge is 2.28. The van der Waals surface area contributed by atoms with Gasteiger partial charge in [0.25, 0.3) is 0 Å². The smallest absolute Gasteiger partial charge is 0.241 e. The molecule has 2 aromatic carbocycles. The van der Waals surface area contributed by atoms with E-state index in [0.717, 1.165) is 30.6 Å². The van der Waals surface area contributed by atoms with Crippen LogP contribution in [0.3, 0.4) is 0 Å². The standard InChI is InChI=1S/C22H27N3O/c1-14(2)25-18-9-6-5-8-16(18)21-15(3)17(11-12-19(21)25)23-22(26)20-10-7-13-24(20)4/h5-6,8-9,11-12,14,20H,7,10,13H2,1-4H3,(H,23,26). The van der Waals surface area contributed by atoms with E-state index >= 15 is 0 Å². The number of amides is 1. The van der Waals surface area contributed by atoms with E-state index in [1.54, 1.807) is 0 Å². The average molecular weight is 349 g/mol. The van der Waals surface area contributed by atoms with Gasteiger partial charge in [-0.05, 0) is 71.0 Å². The molecule has 1 fully saturated rings. The van der Waals surface area contributed by atoms with E-state index in [0.29, 0.717) is 6.04 Å². The van der Waals surface area contributed by atoms with Crippen molar-refractivity contribution in [2.24, 2.45) is 0 Å². The molecule has 136 valence electrons. The van der Waals surface area contributed by atoms with Gasteiger partial charge in [-0.2, -0.15) is 0 Å². The van der Waals surface area contributed by atoms with Gasteiger partial charge in [0.2, 0.25) is 5.91 Å². The van der Waals surface area contributed by atoms with Gasteiger partial charge in [0.05, 0.1) is 6.04 Å². The molecule has 0 radical (unpaired) electrons. The average Bonchev–Trinajstić information content (AvgIpc) is 3.18. The normalized spacial score (nSPS) is 18.3. The third-order valence-electron chi connectivity index (χ3n) is 5.73. The predicted molar refractivity (Wildman–Crippen MR) is 109 cm³/mol. The van der Waals surface area contributed by atoms with Crippen molar-refractivity contribution in [3.63, 3.8) is 0 Å². The highest BCUT2D eigenvalue weighted by molar-refractivity contribution is 6.12. The van der Waals surface area contributed by atoms with Gasteiger partial charge in [0.1, 0.15) is 0 Å². The Morgan fingerprint density at radius 1 is 1.15 bits per heavy atom. The zero-order chi connectivity index (χ0) is 18.4. The van der Waals surface area contributed by atoms with Crippen molar-refractivity contribution in [1.29, 1.82) is 0 Å². The number of nitrogens with one attached hydrogen (secondary N) is 1. The maximum absolute atomic E-state index is 12.7. The molecule has 4 nitrogen and oxygen atoms in total. The maximum atomic E-state index is 12.7. The number of anilines is 1. The molecule has 0 spiro atoms. The number of aromatic nitrogens is 1. The molecule has 1 aromatic heterocycles. The summed E-state index contributed by atoms with van der Waals surface area (Å²) in [6.45, 7) is 7.55. The minimum atomic E-state index is -0.0119. The fourth-order valence-electron chi connectivity index (χ4n) is 4.41. The van der Waals surface area contributed by atoms with Crippen LogP contribution in [0.4, 0.5) is 5.69 Å². The van der Waals surface area contributed by atoms with Gasteiger partial charge in [-0.25, -0.2) is 0 Å². The number of hydrogen-bond donors (Lipinski definition) is 1. The van der Waals surface area contributed by atoms with Gasteiger partial charge in [0.15, 0.2) is 0 Å². The number of fused-ring (bicyclic) bond motifs is 3. The summed E-state index contributed by atoms with van der Waals surface area (Å²) in [4.78, 5) is 14.9. The number of carbonyl (C=O) groups is 1. The molecule has 0 saturated carbocycles. The number of hydrogen-bond acceptors (Lipinski definition) is 2. The quantitative estimate of drug-likeness (QED) is 0.743. The van der Waals surface area contributed by atoms with E-state index in [1.807, 2.05) is 7.05 Å². The highest BCUT2D eigenvalue weighted by atomic mass is 16.2. The second-order valence-corrected chi connectivity index (χ2v) is 7.74. The zero-order valence-electron chi connectivity index (χ0n) is 16.0. The van der Waals surface area contributed by atoms with Crippen molar-refractivity contribution in [3.05, 3.63) is 42.0 Å². The minimum absolute atomic E-state index is 0.0119. The molecule has 0 bridgehead atoms. The van der Waals surface area contributed by atoms with E-state index < -0.39 is 0 Å². The molecule has 1 aliphatic heterocycles. The van der Waals surface area contributed by atoms with Crippen molar-refractivity contribution in [1.82, 2.24) is 9.47 Å². The largest absolute Gasteiger partial charge is 0.338 e. The molecule has 4 heteroatoms. The van der Waals surface area contributed by atoms with Gasteiger partial charge in [-0.3, -0.25) is 9.69 Å². The lowest BCUT2D eigenvalue weighted by Crippen LogP contribution is -2.37. The van der Waals surface area contributed by atoms with Crippen LogP contribution < -0.4 is 5.32 Å². The third-order valence-corrected chi connectivity index (χ3v) is 5.73. The summed E-state index contributed by atoms with van der Waals surface area (Å²) in [5.41, 5.74) is 4.55. The van der Waals surface area contributed by atoms with Crippen molar-refractivity contribution < 1.29 is 4.79 Å². The third kappa shape index (κ3) is 2.60. The fourth-order valence-corrected chi connectivity index (χ4v) is 4.41. The first-order valence-corrected chi connectivity index (χ1v) is 9.52. The Balaban J connectivity index is 1.82. The second-order valence-electron chi connectivity index (χ2n) is 7.74. The molecule has 1 aliphatic rings. The SMILES string of the molecule is Cc1c(NC(=O)C2CCCN2C)ccc2c1c1ccccc1n2C(C)C. The number of benzene rings is 2. The summed E-state index contributed by atoms with van der Waals surface area (Å²) in [6, 6.07) is 13.1. The molecule has 4 rings (SSSR count). The molecule has 1 unspecified atom stereocenters. The Morgan fingerprint density at radius 2 is 1.92 bits per heavy atom. The lowest BCUT2D eigenvalue weighted by atomic mass is 10.1. The molecule has 2 heterocycles. The van der Waals surface area contributed by atoms with Crippen molar-refractivity contribution >= 4 is 33.4 Å². The first-order valence-electron chi connectivity index (χ1n) is 9.52.